The van der Waals surface area contributed by atoms with Crippen molar-refractivity contribution in [3.05, 3.63) is 77.3 Å². The van der Waals surface area contributed by atoms with Crippen LogP contribution in [-0.2, 0) is 10.0 Å². The van der Waals surface area contributed by atoms with Gasteiger partial charge in [0.05, 0.1) is 5.02 Å². The SMILES string of the molecule is C[C@H](NS(=O)(=O)c1ccccc1Cl)c1ccc2ccccc2c1. The smallest absolute Gasteiger partial charge is 0.207 e. The maximum atomic E-state index is 12.5. The van der Waals surface area contributed by atoms with Crippen molar-refractivity contribution >= 4 is 32.4 Å². The van der Waals surface area contributed by atoms with Crippen molar-refractivity contribution in [3.8, 4) is 0 Å². The van der Waals surface area contributed by atoms with Crippen LogP contribution in [0, 0.1) is 0 Å². The molecule has 0 unspecified atom stereocenters. The van der Waals surface area contributed by atoms with Gasteiger partial charge >= 0.3 is 0 Å². The fourth-order valence-electron chi connectivity index (χ4n) is 2.50. The minimum atomic E-state index is -3.67. The molecule has 3 aromatic carbocycles. The average molecular weight is 346 g/mol. The summed E-state index contributed by atoms with van der Waals surface area (Å²) in [5, 5.41) is 2.41. The molecular weight excluding hydrogens is 330 g/mol. The van der Waals surface area contributed by atoms with E-state index in [-0.39, 0.29) is 16.0 Å². The summed E-state index contributed by atoms with van der Waals surface area (Å²) in [5.74, 6) is 0. The van der Waals surface area contributed by atoms with E-state index in [4.69, 9.17) is 11.6 Å². The molecule has 0 aliphatic carbocycles. The highest BCUT2D eigenvalue weighted by Gasteiger charge is 2.20. The van der Waals surface area contributed by atoms with Crippen LogP contribution in [0.1, 0.15) is 18.5 Å². The molecule has 1 N–H and O–H groups in total. The van der Waals surface area contributed by atoms with E-state index in [1.807, 2.05) is 49.4 Å². The third-order valence-corrected chi connectivity index (χ3v) is 5.77. The number of hydrogen-bond donors (Lipinski definition) is 1. The van der Waals surface area contributed by atoms with Gasteiger partial charge in [0.15, 0.2) is 0 Å². The Morgan fingerprint density at radius 2 is 1.57 bits per heavy atom. The highest BCUT2D eigenvalue weighted by molar-refractivity contribution is 7.89. The van der Waals surface area contributed by atoms with Gasteiger partial charge in [-0.25, -0.2) is 13.1 Å². The Bertz CT molecular complexity index is 954. The third-order valence-electron chi connectivity index (χ3n) is 3.73. The second-order valence-electron chi connectivity index (χ2n) is 5.38. The quantitative estimate of drug-likeness (QED) is 0.755. The first kappa shape index (κ1) is 16.0. The van der Waals surface area contributed by atoms with Gasteiger partial charge < -0.3 is 0 Å². The number of fused-ring (bicyclic) bond motifs is 1. The molecule has 0 bridgehead atoms. The summed E-state index contributed by atoms with van der Waals surface area (Å²) >= 11 is 6.00. The molecule has 0 amide bonds. The van der Waals surface area contributed by atoms with Gasteiger partial charge in [-0.3, -0.25) is 0 Å². The van der Waals surface area contributed by atoms with Gasteiger partial charge in [-0.15, -0.1) is 0 Å². The van der Waals surface area contributed by atoms with E-state index in [1.54, 1.807) is 18.2 Å². The van der Waals surface area contributed by atoms with E-state index >= 15 is 0 Å². The molecule has 5 heteroatoms. The molecule has 23 heavy (non-hydrogen) atoms. The van der Waals surface area contributed by atoms with Gasteiger partial charge in [0.2, 0.25) is 10.0 Å². The molecule has 0 heterocycles. The lowest BCUT2D eigenvalue weighted by Crippen LogP contribution is -2.27. The van der Waals surface area contributed by atoms with E-state index in [0.717, 1.165) is 16.3 Å². The first-order valence-electron chi connectivity index (χ1n) is 7.23. The summed E-state index contributed by atoms with van der Waals surface area (Å²) in [6.45, 7) is 1.82. The molecule has 3 nitrogen and oxygen atoms in total. The number of rotatable bonds is 4. The minimum Gasteiger partial charge on any atom is -0.207 e. The van der Waals surface area contributed by atoms with E-state index in [0.29, 0.717) is 0 Å². The summed E-state index contributed by atoms with van der Waals surface area (Å²) in [7, 11) is -3.67. The van der Waals surface area contributed by atoms with Crippen molar-refractivity contribution in [3.63, 3.8) is 0 Å². The summed E-state index contributed by atoms with van der Waals surface area (Å²) in [6, 6.07) is 20.0. The van der Waals surface area contributed by atoms with Crippen molar-refractivity contribution in [2.75, 3.05) is 0 Å². The predicted octanol–water partition coefficient (Wildman–Crippen LogP) is 4.53. The molecule has 0 saturated heterocycles. The summed E-state index contributed by atoms with van der Waals surface area (Å²) in [4.78, 5) is 0.0919. The highest BCUT2D eigenvalue weighted by atomic mass is 35.5. The number of sulfonamides is 1. The largest absolute Gasteiger partial charge is 0.242 e. The lowest BCUT2D eigenvalue weighted by molar-refractivity contribution is 0.567. The summed E-state index contributed by atoms with van der Waals surface area (Å²) < 4.78 is 27.7. The Labute approximate surface area is 141 Å². The Hall–Kier alpha value is -1.88. The Kier molecular flexibility index (Phi) is 4.39. The van der Waals surface area contributed by atoms with Gasteiger partial charge in [0.25, 0.3) is 0 Å². The molecule has 0 spiro atoms. The topological polar surface area (TPSA) is 46.2 Å². The van der Waals surface area contributed by atoms with E-state index < -0.39 is 10.0 Å². The number of nitrogens with one attached hydrogen (secondary N) is 1. The Morgan fingerprint density at radius 3 is 2.30 bits per heavy atom. The van der Waals surface area contributed by atoms with Crippen molar-refractivity contribution in [2.45, 2.75) is 17.9 Å². The molecule has 1 atom stereocenters. The second kappa shape index (κ2) is 6.32. The van der Waals surface area contributed by atoms with Crippen molar-refractivity contribution in [1.29, 1.82) is 0 Å². The zero-order valence-corrected chi connectivity index (χ0v) is 14.1. The maximum Gasteiger partial charge on any atom is 0.242 e. The van der Waals surface area contributed by atoms with E-state index in [1.165, 1.54) is 6.07 Å². The molecule has 0 saturated carbocycles. The molecule has 0 radical (unpaired) electrons. The number of halogens is 1. The van der Waals surface area contributed by atoms with Crippen LogP contribution in [-0.4, -0.2) is 8.42 Å². The van der Waals surface area contributed by atoms with Crippen LogP contribution in [0.5, 0.6) is 0 Å². The van der Waals surface area contributed by atoms with Crippen LogP contribution >= 0.6 is 11.6 Å². The summed E-state index contributed by atoms with van der Waals surface area (Å²) in [5.41, 5.74) is 0.902. The monoisotopic (exact) mass is 345 g/mol. The van der Waals surface area contributed by atoms with Crippen molar-refractivity contribution < 1.29 is 8.42 Å². The van der Waals surface area contributed by atoms with Gasteiger partial charge in [-0.1, -0.05) is 60.1 Å². The van der Waals surface area contributed by atoms with Gasteiger partial charge in [-0.2, -0.15) is 0 Å². The zero-order valence-electron chi connectivity index (χ0n) is 12.5. The average Bonchev–Trinajstić information content (AvgIpc) is 2.54. The second-order valence-corrected chi connectivity index (χ2v) is 7.47. The number of benzene rings is 3. The predicted molar refractivity (Wildman–Crippen MR) is 94.1 cm³/mol. The standard InChI is InChI=1S/C18H16ClNO2S/c1-13(15-11-10-14-6-2-3-7-16(14)12-15)20-23(21,22)18-9-5-4-8-17(18)19/h2-13,20H,1H3/t13-/m0/s1. The van der Waals surface area contributed by atoms with Gasteiger partial charge in [-0.05, 0) is 41.5 Å². The van der Waals surface area contributed by atoms with Crippen molar-refractivity contribution in [1.82, 2.24) is 4.72 Å². The van der Waals surface area contributed by atoms with Crippen LogP contribution in [0.25, 0.3) is 10.8 Å². The molecule has 3 aromatic rings. The fraction of sp³-hybridized carbons (Fsp3) is 0.111. The number of hydrogen-bond acceptors (Lipinski definition) is 2. The highest BCUT2D eigenvalue weighted by Crippen LogP contribution is 2.24. The lowest BCUT2D eigenvalue weighted by Gasteiger charge is -2.16. The molecule has 118 valence electrons. The zero-order chi connectivity index (χ0) is 16.4. The Morgan fingerprint density at radius 1 is 0.913 bits per heavy atom. The van der Waals surface area contributed by atoms with Crippen LogP contribution in [0.3, 0.4) is 0 Å². The fourth-order valence-corrected chi connectivity index (χ4v) is 4.26. The molecular formula is C18H16ClNO2S. The molecule has 0 aliphatic rings. The van der Waals surface area contributed by atoms with Gasteiger partial charge in [0.1, 0.15) is 4.90 Å². The van der Waals surface area contributed by atoms with Crippen LogP contribution in [0.2, 0.25) is 5.02 Å². The minimum absolute atomic E-state index is 0.0919. The van der Waals surface area contributed by atoms with Crippen LogP contribution in [0.15, 0.2) is 71.6 Å². The van der Waals surface area contributed by atoms with Crippen LogP contribution < -0.4 is 4.72 Å². The normalized spacial score (nSPS) is 13.1. The summed E-state index contributed by atoms with van der Waals surface area (Å²) in [6.07, 6.45) is 0. The molecule has 0 aromatic heterocycles. The first-order chi connectivity index (χ1) is 11.0. The van der Waals surface area contributed by atoms with Gasteiger partial charge in [0, 0.05) is 6.04 Å². The molecule has 0 aliphatic heterocycles. The maximum absolute atomic E-state index is 12.5. The third kappa shape index (κ3) is 3.39. The van der Waals surface area contributed by atoms with E-state index in [9.17, 15) is 8.42 Å². The van der Waals surface area contributed by atoms with Crippen molar-refractivity contribution in [2.24, 2.45) is 0 Å². The first-order valence-corrected chi connectivity index (χ1v) is 9.09. The van der Waals surface area contributed by atoms with E-state index in [2.05, 4.69) is 4.72 Å². The Balaban J connectivity index is 1.90. The van der Waals surface area contributed by atoms with Crippen LogP contribution in [0.4, 0.5) is 0 Å². The molecule has 0 fully saturated rings. The molecule has 3 rings (SSSR count). The lowest BCUT2D eigenvalue weighted by atomic mass is 10.0.